The number of nitrogens with zero attached hydrogens (tertiary/aromatic N) is 3. The predicted molar refractivity (Wildman–Crippen MR) is 96.3 cm³/mol. The number of hydrogen-bond acceptors (Lipinski definition) is 3. The van der Waals surface area contributed by atoms with E-state index in [0.717, 1.165) is 30.8 Å². The number of amides is 2. The number of nitrogens with one attached hydrogen (secondary N) is 1. The number of methoxy groups -OCH3 is 1. The van der Waals surface area contributed by atoms with Crippen LogP contribution in [0, 0.1) is 0 Å². The summed E-state index contributed by atoms with van der Waals surface area (Å²) in [5.41, 5.74) is 1.05. The van der Waals surface area contributed by atoms with E-state index in [0.29, 0.717) is 13.2 Å². The highest BCUT2D eigenvalue weighted by Gasteiger charge is 2.28. The minimum absolute atomic E-state index is 0.0372. The maximum absolute atomic E-state index is 12.8. The first-order chi connectivity index (χ1) is 12.2. The van der Waals surface area contributed by atoms with Gasteiger partial charge in [0.05, 0.1) is 12.6 Å². The number of likely N-dealkylation sites (tertiary alicyclic amines) is 1. The van der Waals surface area contributed by atoms with Gasteiger partial charge in [0.1, 0.15) is 5.82 Å². The molecule has 0 aliphatic carbocycles. The first-order valence-electron chi connectivity index (χ1n) is 8.75. The average Bonchev–Trinajstić information content (AvgIpc) is 3.08. The molecule has 0 saturated carbocycles. The van der Waals surface area contributed by atoms with Crippen molar-refractivity contribution in [2.75, 3.05) is 26.8 Å². The van der Waals surface area contributed by atoms with Gasteiger partial charge < -0.3 is 19.5 Å². The molecule has 0 bridgehead atoms. The summed E-state index contributed by atoms with van der Waals surface area (Å²) in [5.74, 6) is 1.34. The van der Waals surface area contributed by atoms with Gasteiger partial charge in [-0.2, -0.15) is 0 Å². The first kappa shape index (κ1) is 17.5. The fraction of sp³-hybridized carbons (Fsp3) is 0.474. The Morgan fingerprint density at radius 1 is 1.40 bits per heavy atom. The third-order valence-corrected chi connectivity index (χ3v) is 4.77. The number of carbonyl (C=O) groups excluding carboxylic acids is 1. The number of aromatic nitrogens is 2. The molecule has 1 aliphatic rings. The van der Waals surface area contributed by atoms with E-state index in [1.54, 1.807) is 7.11 Å². The summed E-state index contributed by atoms with van der Waals surface area (Å²) in [4.78, 5) is 19.1. The Kier molecular flexibility index (Phi) is 5.71. The predicted octanol–water partition coefficient (Wildman–Crippen LogP) is 2.70. The molecule has 2 amide bonds. The number of ether oxygens (including phenoxy) is 1. The molecule has 1 N–H and O–H groups in total. The quantitative estimate of drug-likeness (QED) is 0.909. The number of benzene rings is 1. The zero-order valence-corrected chi connectivity index (χ0v) is 14.9. The lowest BCUT2D eigenvalue weighted by molar-refractivity contribution is 0.147. The molecule has 25 heavy (non-hydrogen) atoms. The molecule has 0 spiro atoms. The molecule has 0 unspecified atom stereocenters. The lowest BCUT2D eigenvalue weighted by atomic mass is 9.97. The molecule has 1 saturated heterocycles. The van der Waals surface area contributed by atoms with Gasteiger partial charge in [-0.05, 0) is 18.4 Å². The van der Waals surface area contributed by atoms with Crippen molar-refractivity contribution in [1.29, 1.82) is 0 Å². The van der Waals surface area contributed by atoms with Crippen LogP contribution in [0.5, 0.6) is 0 Å². The van der Waals surface area contributed by atoms with E-state index in [1.165, 1.54) is 0 Å². The SMILES string of the molecule is COC[C@@H](NC(=O)N1CCC[C@@H](c2nccn2C)C1)c1ccccc1. The summed E-state index contributed by atoms with van der Waals surface area (Å²) in [6.45, 7) is 1.93. The number of imidazole rings is 1. The summed E-state index contributed by atoms with van der Waals surface area (Å²) in [6, 6.07) is 9.76. The standard InChI is InChI=1S/C19H26N4O2/c1-22-12-10-20-18(22)16-9-6-11-23(13-16)19(24)21-17(14-25-2)15-7-4-3-5-8-15/h3-5,7-8,10,12,16-17H,6,9,11,13-14H2,1-2H3,(H,21,24)/t16-,17-/m1/s1. The van der Waals surface area contributed by atoms with Crippen LogP contribution in [-0.2, 0) is 11.8 Å². The molecule has 1 aromatic carbocycles. The van der Waals surface area contributed by atoms with Gasteiger partial charge in [0.25, 0.3) is 0 Å². The Labute approximate surface area is 148 Å². The monoisotopic (exact) mass is 342 g/mol. The molecule has 6 heteroatoms. The Morgan fingerprint density at radius 2 is 2.20 bits per heavy atom. The number of piperidine rings is 1. The van der Waals surface area contributed by atoms with E-state index < -0.39 is 0 Å². The summed E-state index contributed by atoms with van der Waals surface area (Å²) in [5, 5.41) is 3.12. The van der Waals surface area contributed by atoms with Crippen molar-refractivity contribution in [3.8, 4) is 0 Å². The van der Waals surface area contributed by atoms with Gasteiger partial charge in [0.2, 0.25) is 0 Å². The Hall–Kier alpha value is -2.34. The highest BCUT2D eigenvalue weighted by Crippen LogP contribution is 2.25. The van der Waals surface area contributed by atoms with Crippen LogP contribution in [0.3, 0.4) is 0 Å². The Morgan fingerprint density at radius 3 is 2.88 bits per heavy atom. The Bertz CT molecular complexity index is 686. The lowest BCUT2D eigenvalue weighted by Crippen LogP contribution is -2.47. The molecule has 0 radical (unpaired) electrons. The topological polar surface area (TPSA) is 59.4 Å². The van der Waals surface area contributed by atoms with E-state index in [9.17, 15) is 4.79 Å². The summed E-state index contributed by atoms with van der Waals surface area (Å²) < 4.78 is 7.34. The van der Waals surface area contributed by atoms with Gasteiger partial charge in [-0.1, -0.05) is 30.3 Å². The highest BCUT2D eigenvalue weighted by atomic mass is 16.5. The number of rotatable bonds is 5. The van der Waals surface area contributed by atoms with Crippen molar-refractivity contribution in [1.82, 2.24) is 19.8 Å². The summed E-state index contributed by atoms with van der Waals surface area (Å²) in [7, 11) is 3.66. The maximum Gasteiger partial charge on any atom is 0.317 e. The smallest absolute Gasteiger partial charge is 0.317 e. The Balaban J connectivity index is 1.66. The normalized spacial score (nSPS) is 18.8. The van der Waals surface area contributed by atoms with E-state index in [-0.39, 0.29) is 18.0 Å². The summed E-state index contributed by atoms with van der Waals surface area (Å²) in [6.07, 6.45) is 5.83. The van der Waals surface area contributed by atoms with Crippen LogP contribution in [0.1, 0.15) is 36.2 Å². The van der Waals surface area contributed by atoms with E-state index >= 15 is 0 Å². The molecule has 3 rings (SSSR count). The van der Waals surface area contributed by atoms with Crippen LogP contribution in [0.2, 0.25) is 0 Å². The highest BCUT2D eigenvalue weighted by molar-refractivity contribution is 5.75. The van der Waals surface area contributed by atoms with Gasteiger partial charge in [0, 0.05) is 45.6 Å². The van der Waals surface area contributed by atoms with Crippen LogP contribution in [0.25, 0.3) is 0 Å². The molecular weight excluding hydrogens is 316 g/mol. The second-order valence-corrected chi connectivity index (χ2v) is 6.55. The number of hydrogen-bond donors (Lipinski definition) is 1. The number of carbonyl (C=O) groups is 1. The second-order valence-electron chi connectivity index (χ2n) is 6.55. The van der Waals surface area contributed by atoms with Crippen molar-refractivity contribution in [2.45, 2.75) is 24.8 Å². The van der Waals surface area contributed by atoms with Crippen LogP contribution in [-0.4, -0.2) is 47.3 Å². The minimum Gasteiger partial charge on any atom is -0.382 e. The molecule has 6 nitrogen and oxygen atoms in total. The minimum atomic E-state index is -0.146. The molecular formula is C19H26N4O2. The molecule has 2 heterocycles. The molecule has 134 valence electrons. The van der Waals surface area contributed by atoms with Crippen LogP contribution in [0.15, 0.2) is 42.7 Å². The van der Waals surface area contributed by atoms with E-state index in [4.69, 9.17) is 4.74 Å². The van der Waals surface area contributed by atoms with Crippen molar-refractivity contribution in [3.05, 3.63) is 54.1 Å². The van der Waals surface area contributed by atoms with Gasteiger partial charge in [0.15, 0.2) is 0 Å². The summed E-state index contributed by atoms with van der Waals surface area (Å²) >= 11 is 0. The fourth-order valence-electron chi connectivity index (χ4n) is 3.46. The molecule has 2 aromatic rings. The fourth-order valence-corrected chi connectivity index (χ4v) is 3.46. The van der Waals surface area contributed by atoms with Crippen molar-refractivity contribution < 1.29 is 9.53 Å². The lowest BCUT2D eigenvalue weighted by Gasteiger charge is -2.33. The number of aryl methyl sites for hydroxylation is 1. The number of urea groups is 1. The first-order valence-corrected chi connectivity index (χ1v) is 8.75. The van der Waals surface area contributed by atoms with Crippen molar-refractivity contribution >= 4 is 6.03 Å². The molecule has 1 aromatic heterocycles. The zero-order valence-electron chi connectivity index (χ0n) is 14.9. The van der Waals surface area contributed by atoms with Crippen LogP contribution >= 0.6 is 0 Å². The van der Waals surface area contributed by atoms with Crippen molar-refractivity contribution in [3.63, 3.8) is 0 Å². The second kappa shape index (κ2) is 8.16. The molecule has 1 aliphatic heterocycles. The van der Waals surface area contributed by atoms with Gasteiger partial charge in [-0.25, -0.2) is 9.78 Å². The van der Waals surface area contributed by atoms with E-state index in [2.05, 4.69) is 10.3 Å². The molecule has 2 atom stereocenters. The van der Waals surface area contributed by atoms with Crippen LogP contribution < -0.4 is 5.32 Å². The average molecular weight is 342 g/mol. The van der Waals surface area contributed by atoms with Crippen molar-refractivity contribution in [2.24, 2.45) is 7.05 Å². The third kappa shape index (κ3) is 4.20. The molecule has 1 fully saturated rings. The third-order valence-electron chi connectivity index (χ3n) is 4.77. The maximum atomic E-state index is 12.8. The van der Waals surface area contributed by atoms with Gasteiger partial charge >= 0.3 is 6.03 Å². The van der Waals surface area contributed by atoms with Crippen LogP contribution in [0.4, 0.5) is 4.79 Å². The van der Waals surface area contributed by atoms with E-state index in [1.807, 2.05) is 59.2 Å². The largest absolute Gasteiger partial charge is 0.382 e. The van der Waals surface area contributed by atoms with Gasteiger partial charge in [-0.3, -0.25) is 0 Å². The zero-order chi connectivity index (χ0) is 17.6. The van der Waals surface area contributed by atoms with Gasteiger partial charge in [-0.15, -0.1) is 0 Å².